The number of aromatic nitrogens is 2. The summed E-state index contributed by atoms with van der Waals surface area (Å²) in [6.45, 7) is 0. The molecule has 4 heteroatoms. The summed E-state index contributed by atoms with van der Waals surface area (Å²) in [5, 5.41) is 0. The maximum atomic E-state index is 5.13. The predicted octanol–water partition coefficient (Wildman–Crippen LogP) is 4.58. The summed E-state index contributed by atoms with van der Waals surface area (Å²) < 4.78 is 0. The molecule has 3 aromatic rings. The fraction of sp³-hybridized carbons (Fsp3) is 0.273. The van der Waals surface area contributed by atoms with Crippen LogP contribution in [0.4, 0.5) is 0 Å². The first-order valence-electron chi connectivity index (χ1n) is 9.31. The molecule has 0 N–H and O–H groups in total. The molecule has 0 saturated heterocycles. The normalized spacial score (nSPS) is 18.8. The van der Waals surface area contributed by atoms with E-state index < -0.39 is 0 Å². The summed E-state index contributed by atoms with van der Waals surface area (Å²) in [6.07, 6.45) is 7.53. The lowest BCUT2D eigenvalue weighted by Gasteiger charge is -2.27. The molecule has 1 saturated carbocycles. The van der Waals surface area contributed by atoms with Gasteiger partial charge in [-0.2, -0.15) is 0 Å². The Morgan fingerprint density at radius 3 is 2.19 bits per heavy atom. The third-order valence-electron chi connectivity index (χ3n) is 5.26. The summed E-state index contributed by atoms with van der Waals surface area (Å²) in [7, 11) is 0. The lowest BCUT2D eigenvalue weighted by atomic mass is 9.90. The highest BCUT2D eigenvalue weighted by atomic mass is 15.1. The largest absolute Gasteiger partial charge is 0.253 e. The van der Waals surface area contributed by atoms with Crippen molar-refractivity contribution < 1.29 is 0 Å². The van der Waals surface area contributed by atoms with Crippen LogP contribution in [0.2, 0.25) is 0 Å². The van der Waals surface area contributed by atoms with Crippen LogP contribution in [-0.4, -0.2) is 27.1 Å². The molecule has 5 rings (SSSR count). The lowest BCUT2D eigenvalue weighted by molar-refractivity contribution is 0.316. The molecule has 0 atom stereocenters. The quantitative estimate of drug-likeness (QED) is 0.685. The van der Waals surface area contributed by atoms with Crippen molar-refractivity contribution in [2.75, 3.05) is 0 Å². The average molecular weight is 340 g/mol. The fourth-order valence-corrected chi connectivity index (χ4v) is 3.94. The van der Waals surface area contributed by atoms with E-state index in [1.807, 2.05) is 48.7 Å². The molecular weight excluding hydrogens is 320 g/mol. The molecule has 0 amide bonds. The van der Waals surface area contributed by atoms with E-state index in [2.05, 4.69) is 17.1 Å². The summed E-state index contributed by atoms with van der Waals surface area (Å²) in [5.74, 6) is 0. The van der Waals surface area contributed by atoms with E-state index in [1.54, 1.807) is 0 Å². The number of rotatable bonds is 2. The van der Waals surface area contributed by atoms with Crippen LogP contribution in [0.3, 0.4) is 0 Å². The third-order valence-corrected chi connectivity index (χ3v) is 5.26. The molecule has 1 aliphatic heterocycles. The second-order valence-electron chi connectivity index (χ2n) is 7.07. The maximum Gasteiger partial charge on any atom is 0.151 e. The summed E-state index contributed by atoms with van der Waals surface area (Å²) in [6, 6.07) is 18.3. The Labute approximate surface area is 152 Å². The van der Waals surface area contributed by atoms with Crippen molar-refractivity contribution in [3.05, 3.63) is 72.1 Å². The van der Waals surface area contributed by atoms with Crippen LogP contribution >= 0.6 is 0 Å². The minimum Gasteiger partial charge on any atom is -0.253 e. The lowest BCUT2D eigenvalue weighted by Crippen LogP contribution is -2.25. The van der Waals surface area contributed by atoms with Gasteiger partial charge in [0.1, 0.15) is 11.4 Å². The molecule has 0 radical (unpaired) electrons. The first kappa shape index (κ1) is 15.4. The average Bonchev–Trinajstić information content (AvgIpc) is 3.08. The van der Waals surface area contributed by atoms with E-state index in [9.17, 15) is 0 Å². The number of benzene rings is 2. The molecule has 4 nitrogen and oxygen atoms in total. The van der Waals surface area contributed by atoms with Crippen molar-refractivity contribution in [2.45, 2.75) is 37.8 Å². The molecule has 128 valence electrons. The van der Waals surface area contributed by atoms with Crippen molar-refractivity contribution >= 4 is 22.5 Å². The van der Waals surface area contributed by atoms with Crippen molar-refractivity contribution in [1.82, 2.24) is 9.97 Å². The Hall–Kier alpha value is -2.88. The van der Waals surface area contributed by atoms with Gasteiger partial charge in [-0.15, -0.1) is 0 Å². The van der Waals surface area contributed by atoms with E-state index in [0.717, 1.165) is 46.6 Å². The number of fused-ring (bicyclic) bond motifs is 1. The molecule has 2 heterocycles. The zero-order valence-corrected chi connectivity index (χ0v) is 14.6. The molecule has 1 fully saturated rings. The number of para-hydroxylation sites is 2. The standard InChI is InChI=1S/C22H20N4/c1-3-9-16(10-4-1)20-21(26-22(25-20)13-7-2-8-14-22)19-15-23-17-11-5-6-12-18(17)24-19/h1,3-6,9-12,15H,2,7-8,13-14H2. The van der Waals surface area contributed by atoms with Gasteiger partial charge in [0, 0.05) is 5.56 Å². The van der Waals surface area contributed by atoms with Gasteiger partial charge in [0.2, 0.25) is 0 Å². The summed E-state index contributed by atoms with van der Waals surface area (Å²) in [5.41, 5.74) is 5.25. The monoisotopic (exact) mass is 340 g/mol. The van der Waals surface area contributed by atoms with Gasteiger partial charge in [0.05, 0.1) is 22.9 Å². The molecule has 0 bridgehead atoms. The second kappa shape index (κ2) is 6.13. The van der Waals surface area contributed by atoms with Gasteiger partial charge in [-0.05, 0) is 37.8 Å². The van der Waals surface area contributed by atoms with E-state index in [-0.39, 0.29) is 5.66 Å². The molecule has 1 aliphatic carbocycles. The number of hydrogen-bond donors (Lipinski definition) is 0. The van der Waals surface area contributed by atoms with Crippen LogP contribution in [0.1, 0.15) is 43.4 Å². The van der Waals surface area contributed by atoms with Gasteiger partial charge in [-0.25, -0.2) is 4.98 Å². The van der Waals surface area contributed by atoms with E-state index in [4.69, 9.17) is 15.0 Å². The van der Waals surface area contributed by atoms with Crippen LogP contribution < -0.4 is 0 Å². The first-order chi connectivity index (χ1) is 12.8. The third kappa shape index (κ3) is 2.62. The number of aliphatic imine (C=N–C) groups is 2. The molecule has 2 aromatic carbocycles. The van der Waals surface area contributed by atoms with Crippen LogP contribution in [0, 0.1) is 0 Å². The zero-order valence-electron chi connectivity index (χ0n) is 14.6. The zero-order chi connectivity index (χ0) is 17.4. The summed E-state index contributed by atoms with van der Waals surface area (Å²) >= 11 is 0. The molecule has 2 aliphatic rings. The Kier molecular flexibility index (Phi) is 3.63. The minimum atomic E-state index is -0.300. The van der Waals surface area contributed by atoms with Crippen LogP contribution in [0.25, 0.3) is 11.0 Å². The van der Waals surface area contributed by atoms with E-state index >= 15 is 0 Å². The number of hydrogen-bond acceptors (Lipinski definition) is 4. The van der Waals surface area contributed by atoms with Gasteiger partial charge in [-0.3, -0.25) is 15.0 Å². The van der Waals surface area contributed by atoms with Gasteiger partial charge in [0.25, 0.3) is 0 Å². The van der Waals surface area contributed by atoms with Crippen LogP contribution in [0.5, 0.6) is 0 Å². The van der Waals surface area contributed by atoms with Crippen molar-refractivity contribution in [3.8, 4) is 0 Å². The molecular formula is C22H20N4. The molecule has 0 unspecified atom stereocenters. The van der Waals surface area contributed by atoms with Crippen molar-refractivity contribution in [1.29, 1.82) is 0 Å². The highest BCUT2D eigenvalue weighted by molar-refractivity contribution is 6.54. The molecule has 1 aromatic heterocycles. The van der Waals surface area contributed by atoms with Crippen LogP contribution in [0.15, 0.2) is 70.8 Å². The van der Waals surface area contributed by atoms with Gasteiger partial charge < -0.3 is 0 Å². The highest BCUT2D eigenvalue weighted by Crippen LogP contribution is 2.37. The smallest absolute Gasteiger partial charge is 0.151 e. The minimum absolute atomic E-state index is 0.300. The topological polar surface area (TPSA) is 50.5 Å². The number of nitrogens with zero attached hydrogens (tertiary/aromatic N) is 4. The molecule has 26 heavy (non-hydrogen) atoms. The Balaban J connectivity index is 1.66. The highest BCUT2D eigenvalue weighted by Gasteiger charge is 2.38. The Morgan fingerprint density at radius 1 is 0.692 bits per heavy atom. The SMILES string of the molecule is c1ccc(C2=NC3(CCCCC3)N=C2c2cnc3ccccc3n2)cc1. The van der Waals surface area contributed by atoms with Crippen molar-refractivity contribution in [3.63, 3.8) is 0 Å². The van der Waals surface area contributed by atoms with E-state index in [0.29, 0.717) is 0 Å². The van der Waals surface area contributed by atoms with Crippen LogP contribution in [-0.2, 0) is 0 Å². The van der Waals surface area contributed by atoms with E-state index in [1.165, 1.54) is 19.3 Å². The summed E-state index contributed by atoms with van der Waals surface area (Å²) in [4.78, 5) is 19.7. The van der Waals surface area contributed by atoms with Gasteiger partial charge >= 0.3 is 0 Å². The van der Waals surface area contributed by atoms with Gasteiger partial charge in [0.15, 0.2) is 5.66 Å². The fourth-order valence-electron chi connectivity index (χ4n) is 3.94. The Bertz CT molecular complexity index is 1010. The second-order valence-corrected chi connectivity index (χ2v) is 7.07. The maximum absolute atomic E-state index is 5.13. The molecule has 1 spiro atoms. The predicted molar refractivity (Wildman–Crippen MR) is 105 cm³/mol. The first-order valence-corrected chi connectivity index (χ1v) is 9.31. The van der Waals surface area contributed by atoms with Gasteiger partial charge in [-0.1, -0.05) is 48.9 Å². The van der Waals surface area contributed by atoms with Crippen molar-refractivity contribution in [2.24, 2.45) is 9.98 Å². The Morgan fingerprint density at radius 2 is 1.38 bits per heavy atom.